The van der Waals surface area contributed by atoms with Crippen LogP contribution in [0.5, 0.6) is 5.88 Å². The molecular formula is C11H16N4O2. The first-order chi connectivity index (χ1) is 8.11. The summed E-state index contributed by atoms with van der Waals surface area (Å²) < 4.78 is 1.18. The Kier molecular flexibility index (Phi) is 4.69. The maximum Gasteiger partial charge on any atom is 0.253 e. The normalized spacial score (nSPS) is 10.2. The van der Waals surface area contributed by atoms with E-state index in [0.29, 0.717) is 31.7 Å². The predicted molar refractivity (Wildman–Crippen MR) is 63.7 cm³/mol. The van der Waals surface area contributed by atoms with Crippen LogP contribution in [0, 0.1) is 18.3 Å². The van der Waals surface area contributed by atoms with Crippen LogP contribution in [0.25, 0.3) is 0 Å². The summed E-state index contributed by atoms with van der Waals surface area (Å²) in [7, 11) is 0. The molecule has 0 amide bonds. The Morgan fingerprint density at radius 3 is 2.88 bits per heavy atom. The zero-order valence-corrected chi connectivity index (χ0v) is 9.73. The van der Waals surface area contributed by atoms with E-state index in [0.717, 1.165) is 0 Å². The third kappa shape index (κ3) is 3.06. The molecule has 92 valence electrons. The van der Waals surface area contributed by atoms with Crippen molar-refractivity contribution < 1.29 is 5.11 Å². The molecular weight excluding hydrogens is 220 g/mol. The molecule has 0 saturated carbocycles. The second kappa shape index (κ2) is 6.03. The van der Waals surface area contributed by atoms with Gasteiger partial charge in [-0.3, -0.25) is 9.36 Å². The number of aryl methyl sites for hydroxylation is 1. The lowest BCUT2D eigenvalue weighted by Gasteiger charge is -2.11. The minimum absolute atomic E-state index is 0.142. The molecule has 0 bridgehead atoms. The maximum atomic E-state index is 11.6. The number of hydrogen-bond acceptors (Lipinski definition) is 5. The molecule has 0 atom stereocenters. The topological polar surface area (TPSA) is 104 Å². The third-order valence-corrected chi connectivity index (χ3v) is 2.42. The number of pyridine rings is 1. The first-order valence-corrected chi connectivity index (χ1v) is 5.36. The fourth-order valence-corrected chi connectivity index (χ4v) is 1.52. The van der Waals surface area contributed by atoms with Crippen LogP contribution < -0.4 is 16.6 Å². The van der Waals surface area contributed by atoms with Gasteiger partial charge < -0.3 is 16.2 Å². The van der Waals surface area contributed by atoms with Gasteiger partial charge in [0.05, 0.1) is 0 Å². The molecule has 1 aromatic rings. The number of aromatic hydroxyl groups is 1. The number of nitrogens with two attached hydrogens (primary N) is 1. The van der Waals surface area contributed by atoms with Crippen molar-refractivity contribution in [3.63, 3.8) is 0 Å². The summed E-state index contributed by atoms with van der Waals surface area (Å²) in [6, 6.07) is 3.23. The molecule has 0 aromatic carbocycles. The van der Waals surface area contributed by atoms with Gasteiger partial charge in [-0.25, -0.2) is 0 Å². The highest BCUT2D eigenvalue weighted by Crippen LogP contribution is 2.16. The van der Waals surface area contributed by atoms with Crippen LogP contribution in [0.2, 0.25) is 0 Å². The van der Waals surface area contributed by atoms with Crippen molar-refractivity contribution in [3.8, 4) is 11.9 Å². The van der Waals surface area contributed by atoms with E-state index in [1.807, 2.05) is 6.07 Å². The molecule has 0 unspecified atom stereocenters. The Balaban J connectivity index is 2.93. The lowest BCUT2D eigenvalue weighted by Crippen LogP contribution is -2.30. The average molecular weight is 236 g/mol. The second-order valence-corrected chi connectivity index (χ2v) is 3.67. The summed E-state index contributed by atoms with van der Waals surface area (Å²) in [5, 5.41) is 21.7. The Hall–Kier alpha value is -1.84. The van der Waals surface area contributed by atoms with Crippen molar-refractivity contribution in [2.75, 3.05) is 19.6 Å². The Bertz CT molecular complexity index is 487. The summed E-state index contributed by atoms with van der Waals surface area (Å²) >= 11 is 0. The third-order valence-electron chi connectivity index (χ3n) is 2.42. The van der Waals surface area contributed by atoms with Crippen molar-refractivity contribution in [2.45, 2.75) is 13.5 Å². The van der Waals surface area contributed by atoms with E-state index in [9.17, 15) is 9.90 Å². The molecule has 1 heterocycles. The van der Waals surface area contributed by atoms with E-state index in [1.54, 1.807) is 6.92 Å². The number of rotatable bonds is 5. The van der Waals surface area contributed by atoms with E-state index in [-0.39, 0.29) is 17.0 Å². The van der Waals surface area contributed by atoms with Crippen molar-refractivity contribution in [1.29, 1.82) is 5.26 Å². The van der Waals surface area contributed by atoms with E-state index >= 15 is 0 Å². The highest BCUT2D eigenvalue weighted by molar-refractivity contribution is 5.43. The zero-order chi connectivity index (χ0) is 12.8. The summed E-state index contributed by atoms with van der Waals surface area (Å²) in [6.45, 7) is 3.60. The van der Waals surface area contributed by atoms with Gasteiger partial charge in [0.15, 0.2) is 0 Å². The summed E-state index contributed by atoms with van der Waals surface area (Å²) in [4.78, 5) is 11.6. The smallest absolute Gasteiger partial charge is 0.253 e. The van der Waals surface area contributed by atoms with Crippen LogP contribution in [0.3, 0.4) is 0 Å². The van der Waals surface area contributed by atoms with Crippen LogP contribution >= 0.6 is 0 Å². The standard InChI is InChI=1S/C11H16N4O2/c1-8-6-10(16)15(5-4-14-3-2-12)11(17)9(8)7-13/h6,14,17H,2-5,12H2,1H3. The number of nitrogens with one attached hydrogen (secondary N) is 1. The van der Waals surface area contributed by atoms with E-state index in [2.05, 4.69) is 5.32 Å². The second-order valence-electron chi connectivity index (χ2n) is 3.67. The lowest BCUT2D eigenvalue weighted by atomic mass is 10.1. The first kappa shape index (κ1) is 13.2. The van der Waals surface area contributed by atoms with Crippen molar-refractivity contribution in [2.24, 2.45) is 5.73 Å². The molecule has 6 heteroatoms. The average Bonchev–Trinajstić information content (AvgIpc) is 2.28. The summed E-state index contributed by atoms with van der Waals surface area (Å²) in [6.07, 6.45) is 0. The molecule has 0 aliphatic heterocycles. The molecule has 0 fully saturated rings. The first-order valence-electron chi connectivity index (χ1n) is 5.36. The van der Waals surface area contributed by atoms with Gasteiger partial charge in [0.25, 0.3) is 5.56 Å². The number of hydrogen-bond donors (Lipinski definition) is 3. The van der Waals surface area contributed by atoms with Crippen molar-refractivity contribution in [3.05, 3.63) is 27.5 Å². The quantitative estimate of drug-likeness (QED) is 0.585. The Labute approximate surface area is 99.3 Å². The minimum Gasteiger partial charge on any atom is -0.493 e. The predicted octanol–water partition coefficient (Wildman–Crippen LogP) is -0.718. The summed E-state index contributed by atoms with van der Waals surface area (Å²) in [5.74, 6) is -0.271. The molecule has 0 aliphatic rings. The van der Waals surface area contributed by atoms with E-state index < -0.39 is 0 Å². The number of nitrogens with zero attached hydrogens (tertiary/aromatic N) is 2. The molecule has 1 aromatic heterocycles. The van der Waals surface area contributed by atoms with E-state index in [4.69, 9.17) is 11.0 Å². The van der Waals surface area contributed by atoms with Gasteiger partial charge in [-0.2, -0.15) is 5.26 Å². The highest BCUT2D eigenvalue weighted by Gasteiger charge is 2.11. The molecule has 4 N–H and O–H groups in total. The SMILES string of the molecule is Cc1cc(=O)n(CCNCCN)c(O)c1C#N. The fraction of sp³-hybridized carbons (Fsp3) is 0.455. The van der Waals surface area contributed by atoms with Gasteiger partial charge in [-0.1, -0.05) is 0 Å². The number of aromatic nitrogens is 1. The van der Waals surface area contributed by atoms with E-state index in [1.165, 1.54) is 10.6 Å². The minimum atomic E-state index is -0.312. The molecule has 6 nitrogen and oxygen atoms in total. The van der Waals surface area contributed by atoms with Gasteiger partial charge in [0.2, 0.25) is 5.88 Å². The fourth-order valence-electron chi connectivity index (χ4n) is 1.52. The van der Waals surface area contributed by atoms with Gasteiger partial charge in [-0.05, 0) is 12.5 Å². The molecule has 0 radical (unpaired) electrons. The van der Waals surface area contributed by atoms with Crippen molar-refractivity contribution >= 4 is 0 Å². The molecule has 0 spiro atoms. The van der Waals surface area contributed by atoms with Crippen LogP contribution in [-0.4, -0.2) is 29.3 Å². The van der Waals surface area contributed by atoms with Gasteiger partial charge >= 0.3 is 0 Å². The molecule has 0 aliphatic carbocycles. The lowest BCUT2D eigenvalue weighted by molar-refractivity contribution is 0.400. The maximum absolute atomic E-state index is 11.6. The Morgan fingerprint density at radius 2 is 2.29 bits per heavy atom. The molecule has 1 rings (SSSR count). The largest absolute Gasteiger partial charge is 0.493 e. The number of nitriles is 1. The Morgan fingerprint density at radius 1 is 1.59 bits per heavy atom. The van der Waals surface area contributed by atoms with Crippen molar-refractivity contribution in [1.82, 2.24) is 9.88 Å². The summed E-state index contributed by atoms with van der Waals surface area (Å²) in [5.41, 5.74) is 5.63. The van der Waals surface area contributed by atoms with Crippen LogP contribution in [-0.2, 0) is 6.54 Å². The molecule has 0 saturated heterocycles. The highest BCUT2D eigenvalue weighted by atomic mass is 16.3. The zero-order valence-electron chi connectivity index (χ0n) is 9.73. The van der Waals surface area contributed by atoms with Gasteiger partial charge in [0.1, 0.15) is 11.6 Å². The van der Waals surface area contributed by atoms with Gasteiger partial charge in [0, 0.05) is 32.2 Å². The van der Waals surface area contributed by atoms with Crippen LogP contribution in [0.1, 0.15) is 11.1 Å². The molecule has 17 heavy (non-hydrogen) atoms. The van der Waals surface area contributed by atoms with Crippen LogP contribution in [0.4, 0.5) is 0 Å². The van der Waals surface area contributed by atoms with Crippen LogP contribution in [0.15, 0.2) is 10.9 Å². The van der Waals surface area contributed by atoms with Gasteiger partial charge in [-0.15, -0.1) is 0 Å². The monoisotopic (exact) mass is 236 g/mol.